The maximum atomic E-state index is 14.9. The minimum Gasteiger partial charge on any atom is -0.391 e. The average Bonchev–Trinajstić information content (AvgIpc) is 1.17. The Labute approximate surface area is 623 Å². The quantitative estimate of drug-likeness (QED) is 0.0199. The molecule has 0 aromatic heterocycles. The van der Waals surface area contributed by atoms with Gasteiger partial charge in [-0.15, -0.1) is 0 Å². The van der Waals surface area contributed by atoms with Gasteiger partial charge in [-0.25, -0.2) is 0 Å². The van der Waals surface area contributed by atoms with Gasteiger partial charge in [-0.3, -0.25) is 75.5 Å². The average molecular weight is 1640 g/mol. The molecule has 11 amide bonds. The molecule has 620 valence electrons. The topological polar surface area (TPSA) is 693 Å². The Hall–Kier alpha value is -6.56. The van der Waals surface area contributed by atoms with Gasteiger partial charge >= 0.3 is 0 Å². The van der Waals surface area contributed by atoms with Crippen LogP contribution in [0.3, 0.4) is 0 Å². The number of carbonyl (C=O) groups is 11. The van der Waals surface area contributed by atoms with Crippen LogP contribution in [-0.4, -0.2) is 281 Å². The molecule has 1 rings (SSSR count). The van der Waals surface area contributed by atoms with E-state index < -0.39 is 294 Å². The Kier molecular flexibility index (Phi) is 44.3. The van der Waals surface area contributed by atoms with Crippen LogP contribution in [0.4, 0.5) is 0 Å². The third kappa shape index (κ3) is 45.3. The Morgan fingerprint density at radius 3 is 1.18 bits per heavy atom. The summed E-state index contributed by atoms with van der Waals surface area (Å²) < 4.78 is 163. The van der Waals surface area contributed by atoms with Crippen molar-refractivity contribution in [2.75, 3.05) is 68.7 Å². The lowest BCUT2D eigenvalue weighted by Crippen LogP contribution is -2.62. The smallest absolute Gasteiger partial charge is 0.278 e. The third-order valence-electron chi connectivity index (χ3n) is 15.9. The predicted octanol–water partition coefficient (Wildman–Crippen LogP) is -8.06. The second kappa shape index (κ2) is 48.2. The molecular weight excluding hydrogens is 1530 g/mol. The highest BCUT2D eigenvalue weighted by Crippen LogP contribution is 2.15. The molecule has 23 N–H and O–H groups in total. The van der Waals surface area contributed by atoms with Crippen molar-refractivity contribution in [2.24, 2.45) is 17.8 Å². The van der Waals surface area contributed by atoms with Crippen molar-refractivity contribution in [1.29, 1.82) is 0 Å². The van der Waals surface area contributed by atoms with E-state index in [0.717, 1.165) is 26.7 Å². The van der Waals surface area contributed by atoms with Crippen LogP contribution in [0, 0.1) is 17.8 Å². The fourth-order valence-corrected chi connectivity index (χ4v) is 12.2. The molecule has 1 unspecified atom stereocenters. The van der Waals surface area contributed by atoms with Gasteiger partial charge in [-0.2, -0.15) is 42.1 Å². The number of amides is 11. The van der Waals surface area contributed by atoms with Gasteiger partial charge in [0.05, 0.1) is 12.2 Å². The van der Waals surface area contributed by atoms with Crippen LogP contribution in [0.1, 0.15) is 139 Å². The van der Waals surface area contributed by atoms with Crippen LogP contribution < -0.4 is 85.1 Å². The molecule has 0 bridgehead atoms. The summed E-state index contributed by atoms with van der Waals surface area (Å²) in [4.78, 5) is 158. The minimum atomic E-state index is -4.77. The van der Waals surface area contributed by atoms with E-state index in [0.29, 0.717) is 18.8 Å². The molecule has 44 nitrogen and oxygen atoms in total. The lowest BCUT2D eigenvalue weighted by molar-refractivity contribution is -0.137. The van der Waals surface area contributed by atoms with Crippen LogP contribution in [-0.2, 0) is 103 Å². The van der Waals surface area contributed by atoms with E-state index in [-0.39, 0.29) is 32.2 Å². The van der Waals surface area contributed by atoms with E-state index in [2.05, 4.69) is 85.1 Å². The van der Waals surface area contributed by atoms with Crippen LogP contribution in [0.2, 0.25) is 0 Å². The van der Waals surface area contributed by atoms with Crippen LogP contribution in [0.5, 0.6) is 0 Å². The molecule has 1 fully saturated rings. The molecule has 107 heavy (non-hydrogen) atoms. The van der Waals surface area contributed by atoms with E-state index >= 15 is 0 Å². The zero-order valence-corrected chi connectivity index (χ0v) is 65.0. The number of unbranched alkanes of at least 4 members (excludes halogenated alkanes) is 1. The molecule has 0 spiro atoms. The predicted molar refractivity (Wildman–Crippen MR) is 382 cm³/mol. The summed E-state index contributed by atoms with van der Waals surface area (Å²) in [6.45, 7) is 9.25. The number of rotatable bonds is 44. The van der Waals surface area contributed by atoms with E-state index in [1.807, 2.05) is 13.8 Å². The number of carbonyl (C=O) groups excluding carboxylic acids is 11. The molecule has 1 aliphatic heterocycles. The summed E-state index contributed by atoms with van der Waals surface area (Å²) in [5.41, 5.74) is 0. The fraction of sp³-hybridized carbons (Fsp3) is 0.810. The van der Waals surface area contributed by atoms with Crippen LogP contribution in [0.25, 0.3) is 0 Å². The first-order valence-electron chi connectivity index (χ1n) is 34.4. The maximum absolute atomic E-state index is 14.9. The number of nitrogens with one attached hydrogen (secondary N) is 16. The first-order chi connectivity index (χ1) is 49.4. The highest BCUT2D eigenvalue weighted by molar-refractivity contribution is 7.86. The summed E-state index contributed by atoms with van der Waals surface area (Å²) in [5.74, 6) is -19.1. The molecule has 0 aromatic rings. The molecule has 1 aliphatic rings. The van der Waals surface area contributed by atoms with Gasteiger partial charge in [0, 0.05) is 13.0 Å². The highest BCUT2D eigenvalue weighted by atomic mass is 32.2. The van der Waals surface area contributed by atoms with Crippen molar-refractivity contribution in [3.8, 4) is 0 Å². The monoisotopic (exact) mass is 1640 g/mol. The molecule has 49 heteroatoms. The van der Waals surface area contributed by atoms with E-state index in [9.17, 15) is 128 Å². The SMILES string of the molecule is CCC(C)CCCCC(=O)N[C@@H](CCNCS(=O)(=O)O)C(=O)N[C@H](C(=O)N[C@@H](CCNCS(=O)(=O)O)C(=O)N[C@H]1CCNC(=O)[C@H]([C@@H](C)O)NC(=O)[C@@H](CCNCS(=O)(=O)O)NC(=O)[C@@H](CCNCS(=O)(=O)O)NC(=O)[C@H](CC(C)C)NC(=O)[C@@H](CC(C)C)NC(=O)[C@H](CCNCS(=O)(=O)O)NC1=O)[C@@H](C)O. The van der Waals surface area contributed by atoms with Gasteiger partial charge in [0.15, 0.2) is 0 Å². The first-order valence-corrected chi connectivity index (χ1v) is 42.4. The van der Waals surface area contributed by atoms with E-state index in [1.165, 1.54) is 0 Å². The summed E-state index contributed by atoms with van der Waals surface area (Å²) in [6.07, 6.45) is -5.23. The van der Waals surface area contributed by atoms with Crippen molar-refractivity contribution < 1.29 is 128 Å². The van der Waals surface area contributed by atoms with Gasteiger partial charge in [0.1, 0.15) is 89.8 Å². The second-order valence-corrected chi connectivity index (χ2v) is 33.9. The molecular formula is C58H110N16O28S5. The van der Waals surface area contributed by atoms with Crippen LogP contribution >= 0.6 is 0 Å². The van der Waals surface area contributed by atoms with Gasteiger partial charge in [0.2, 0.25) is 65.0 Å². The Morgan fingerprint density at radius 2 is 0.804 bits per heavy atom. The van der Waals surface area contributed by atoms with Crippen molar-refractivity contribution in [1.82, 2.24) is 85.1 Å². The summed E-state index contributed by atoms with van der Waals surface area (Å²) in [7, 11) is -23.5. The zero-order chi connectivity index (χ0) is 81.8. The van der Waals surface area contributed by atoms with Gasteiger partial charge < -0.3 is 95.3 Å². The number of aliphatic hydroxyl groups excluding tert-OH is 2. The second-order valence-electron chi connectivity index (χ2n) is 26.7. The van der Waals surface area contributed by atoms with Crippen molar-refractivity contribution in [2.45, 2.75) is 211 Å². The number of hydrogen-bond acceptors (Lipinski definition) is 28. The first kappa shape index (κ1) is 98.4. The zero-order valence-electron chi connectivity index (χ0n) is 60.9. The highest BCUT2D eigenvalue weighted by Gasteiger charge is 2.38. The van der Waals surface area contributed by atoms with Gasteiger partial charge in [-0.1, -0.05) is 60.8 Å². The molecule has 0 saturated carbocycles. The van der Waals surface area contributed by atoms with E-state index in [1.54, 1.807) is 27.7 Å². The Bertz CT molecular complexity index is 3520. The standard InChI is InChI=1S/C58H110N16O28S5/c1-9-35(6)12-10-11-13-46(77)65-38(14-20-59-28-103(88,89)90)53(82)74-48(37(8)76)58(87)70-41(17-23-62-31-106(97,98)99)50(79)68-43-19-25-64-57(86)47(36(7)75)73-54(83)42(18-24-63-32-107(100,101)102)67-49(78)39(15-21-60-29-104(91,92)93)69-55(84)44(26-33(2)3)72-56(85)45(27-34(4)5)71-52(81)40(66-51(43)80)16-22-61-30-105(94,95)96/h33-45,47-48,59-63,75-76H,9-32H2,1-8H3,(H,64,86)(H,65,77)(H,66,80)(H,67,78)(H,68,79)(H,69,84)(H,70,87)(H,71,81)(H,72,85)(H,73,83)(H,74,82)(H,88,89,90)(H,91,92,93)(H,94,95,96)(H,97,98,99)(H,100,101,102)/t35?,36-,37-,38+,39-,40+,41+,42-,43+,44+,45-,47+,48+/m1/s1. The summed E-state index contributed by atoms with van der Waals surface area (Å²) in [5, 5.41) is 59.7. The van der Waals surface area contributed by atoms with Crippen LogP contribution in [0.15, 0.2) is 0 Å². The van der Waals surface area contributed by atoms with Crippen molar-refractivity contribution >= 4 is 116 Å². The molecule has 0 aromatic carbocycles. The van der Waals surface area contributed by atoms with E-state index in [4.69, 9.17) is 0 Å². The minimum absolute atomic E-state index is 0.0847. The number of hydrogen-bond donors (Lipinski definition) is 23. The molecule has 1 saturated heterocycles. The molecule has 1 heterocycles. The summed E-state index contributed by atoms with van der Waals surface area (Å²) >= 11 is 0. The fourth-order valence-electron chi connectivity index (χ4n) is 10.2. The van der Waals surface area contributed by atoms with Gasteiger partial charge in [-0.05, 0) is 122 Å². The summed E-state index contributed by atoms with van der Waals surface area (Å²) in [6, 6.07) is -18.5. The van der Waals surface area contributed by atoms with Gasteiger partial charge in [0.25, 0.3) is 50.6 Å². The molecule has 0 radical (unpaired) electrons. The van der Waals surface area contributed by atoms with Crippen molar-refractivity contribution in [3.63, 3.8) is 0 Å². The lowest BCUT2D eigenvalue weighted by Gasteiger charge is -2.29. The molecule has 13 atom stereocenters. The lowest BCUT2D eigenvalue weighted by atomic mass is 9.99. The number of aliphatic hydroxyl groups is 2. The Balaban J connectivity index is 4.33. The normalized spacial score (nSPS) is 21.5. The maximum Gasteiger partial charge on any atom is 0.278 e. The largest absolute Gasteiger partial charge is 0.391 e. The van der Waals surface area contributed by atoms with Crippen molar-refractivity contribution in [3.05, 3.63) is 0 Å². The Morgan fingerprint density at radius 1 is 0.439 bits per heavy atom. The third-order valence-corrected chi connectivity index (χ3v) is 18.7. The molecule has 0 aliphatic carbocycles.